The molecule has 6 nitrogen and oxygen atoms in total. The zero-order chi connectivity index (χ0) is 14.9. The Balaban J connectivity index is 2.19. The molecule has 2 aromatic heterocycles. The minimum atomic E-state index is -1.03. The number of aromatic nitrogens is 1. The Morgan fingerprint density at radius 2 is 2.00 bits per heavy atom. The summed E-state index contributed by atoms with van der Waals surface area (Å²) in [5.74, 6) is -1.55. The minimum absolute atomic E-state index is 0.121. The number of Topliss-reactive ketones (excluding diaryl/α,β-unsaturated/α-hetero) is 1. The molecule has 0 aromatic carbocycles. The lowest BCUT2D eigenvalue weighted by molar-refractivity contribution is 0.0701. The summed E-state index contributed by atoms with van der Waals surface area (Å²) in [6.45, 7) is 1.43. The number of hydrogen-bond acceptors (Lipinski definition) is 4. The van der Waals surface area contributed by atoms with Crippen LogP contribution in [0.3, 0.4) is 0 Å². The number of ketones is 1. The SMILES string of the molecule is CC(=O)c1cc(C(=O)Nc2ccc(C(=O)O)s2)n(C)c1. The van der Waals surface area contributed by atoms with Gasteiger partial charge < -0.3 is 15.0 Å². The number of carboxylic acids is 1. The number of aromatic carboxylic acids is 1. The van der Waals surface area contributed by atoms with Crippen molar-refractivity contribution in [2.24, 2.45) is 7.05 Å². The van der Waals surface area contributed by atoms with Gasteiger partial charge in [0.1, 0.15) is 10.6 Å². The van der Waals surface area contributed by atoms with E-state index in [2.05, 4.69) is 5.32 Å². The summed E-state index contributed by atoms with van der Waals surface area (Å²) in [6, 6.07) is 4.46. The lowest BCUT2D eigenvalue weighted by Gasteiger charge is -2.03. The summed E-state index contributed by atoms with van der Waals surface area (Å²) >= 11 is 0.975. The van der Waals surface area contributed by atoms with E-state index in [0.717, 1.165) is 11.3 Å². The zero-order valence-corrected chi connectivity index (χ0v) is 11.7. The van der Waals surface area contributed by atoms with E-state index in [1.807, 2.05) is 0 Å². The summed E-state index contributed by atoms with van der Waals surface area (Å²) in [5.41, 5.74) is 0.788. The molecule has 2 N–H and O–H groups in total. The predicted molar refractivity (Wildman–Crippen MR) is 74.6 cm³/mol. The first-order chi connectivity index (χ1) is 9.38. The van der Waals surface area contributed by atoms with Crippen LogP contribution >= 0.6 is 11.3 Å². The van der Waals surface area contributed by atoms with Crippen molar-refractivity contribution in [2.45, 2.75) is 6.92 Å². The summed E-state index contributed by atoms with van der Waals surface area (Å²) in [7, 11) is 1.67. The Labute approximate surface area is 118 Å². The molecular weight excluding hydrogens is 280 g/mol. The van der Waals surface area contributed by atoms with Crippen LogP contribution in [0.4, 0.5) is 5.00 Å². The highest BCUT2D eigenvalue weighted by atomic mass is 32.1. The van der Waals surface area contributed by atoms with Crippen LogP contribution in [-0.2, 0) is 7.05 Å². The molecule has 0 saturated carbocycles. The number of carbonyl (C=O) groups is 3. The predicted octanol–water partition coefficient (Wildman–Crippen LogP) is 2.24. The van der Waals surface area contributed by atoms with Crippen molar-refractivity contribution >= 4 is 34.0 Å². The smallest absolute Gasteiger partial charge is 0.345 e. The van der Waals surface area contributed by atoms with Crippen LogP contribution in [-0.4, -0.2) is 27.3 Å². The molecule has 0 spiro atoms. The second-order valence-corrected chi connectivity index (χ2v) is 5.29. The third-order valence-electron chi connectivity index (χ3n) is 2.70. The number of hydrogen-bond donors (Lipinski definition) is 2. The first-order valence-electron chi connectivity index (χ1n) is 5.70. The lowest BCUT2D eigenvalue weighted by Crippen LogP contribution is -2.14. The summed E-state index contributed by atoms with van der Waals surface area (Å²) < 4.78 is 1.55. The molecule has 0 aliphatic carbocycles. The molecular formula is C13H12N2O4S. The molecule has 0 aliphatic heterocycles. The zero-order valence-electron chi connectivity index (χ0n) is 10.8. The molecule has 2 heterocycles. The topological polar surface area (TPSA) is 88.4 Å². The van der Waals surface area contributed by atoms with Crippen LogP contribution in [0.5, 0.6) is 0 Å². The van der Waals surface area contributed by atoms with Gasteiger partial charge in [-0.15, -0.1) is 11.3 Å². The van der Waals surface area contributed by atoms with Gasteiger partial charge in [-0.05, 0) is 25.1 Å². The molecule has 2 rings (SSSR count). The molecule has 2 aromatic rings. The number of aryl methyl sites for hydroxylation is 1. The highest BCUT2D eigenvalue weighted by molar-refractivity contribution is 7.18. The monoisotopic (exact) mass is 292 g/mol. The van der Waals surface area contributed by atoms with Crippen molar-refractivity contribution in [3.8, 4) is 0 Å². The van der Waals surface area contributed by atoms with Gasteiger partial charge in [-0.3, -0.25) is 9.59 Å². The number of anilines is 1. The van der Waals surface area contributed by atoms with Crippen LogP contribution in [0, 0.1) is 0 Å². The maximum Gasteiger partial charge on any atom is 0.345 e. The number of carboxylic acid groups (broad SMARTS) is 1. The largest absolute Gasteiger partial charge is 0.477 e. The van der Waals surface area contributed by atoms with Crippen molar-refractivity contribution in [3.05, 3.63) is 40.5 Å². The van der Waals surface area contributed by atoms with Crippen molar-refractivity contribution < 1.29 is 19.5 Å². The maximum atomic E-state index is 12.1. The number of thiophene rings is 1. The van der Waals surface area contributed by atoms with E-state index in [4.69, 9.17) is 5.11 Å². The molecule has 20 heavy (non-hydrogen) atoms. The van der Waals surface area contributed by atoms with Gasteiger partial charge in [0.15, 0.2) is 5.78 Å². The van der Waals surface area contributed by atoms with E-state index >= 15 is 0 Å². The van der Waals surface area contributed by atoms with Gasteiger partial charge >= 0.3 is 5.97 Å². The number of amides is 1. The van der Waals surface area contributed by atoms with Crippen molar-refractivity contribution in [1.29, 1.82) is 0 Å². The Morgan fingerprint density at radius 3 is 2.50 bits per heavy atom. The van der Waals surface area contributed by atoms with Crippen LogP contribution in [0.1, 0.15) is 37.4 Å². The molecule has 0 bridgehead atoms. The van der Waals surface area contributed by atoms with Crippen LogP contribution in [0.15, 0.2) is 24.4 Å². The number of nitrogens with one attached hydrogen (secondary N) is 1. The lowest BCUT2D eigenvalue weighted by atomic mass is 10.2. The van der Waals surface area contributed by atoms with Crippen molar-refractivity contribution in [1.82, 2.24) is 4.57 Å². The fourth-order valence-corrected chi connectivity index (χ4v) is 2.42. The Hall–Kier alpha value is -2.41. The van der Waals surface area contributed by atoms with E-state index in [0.29, 0.717) is 16.3 Å². The molecule has 7 heteroatoms. The fourth-order valence-electron chi connectivity index (χ4n) is 1.68. The van der Waals surface area contributed by atoms with E-state index in [9.17, 15) is 14.4 Å². The van der Waals surface area contributed by atoms with Crippen LogP contribution in [0.25, 0.3) is 0 Å². The molecule has 0 unspecified atom stereocenters. The number of carbonyl (C=O) groups excluding carboxylic acids is 2. The number of nitrogens with zero attached hydrogens (tertiary/aromatic N) is 1. The van der Waals surface area contributed by atoms with Gasteiger partial charge in [0, 0.05) is 18.8 Å². The molecule has 0 aliphatic rings. The minimum Gasteiger partial charge on any atom is -0.477 e. The standard InChI is InChI=1S/C13H12N2O4S/c1-7(16)8-5-9(15(2)6-8)12(17)14-11-4-3-10(20-11)13(18)19/h3-6H,1-2H3,(H,14,17)(H,18,19). The van der Waals surface area contributed by atoms with Gasteiger partial charge in [-0.1, -0.05) is 0 Å². The van der Waals surface area contributed by atoms with Crippen molar-refractivity contribution in [2.75, 3.05) is 5.32 Å². The quantitative estimate of drug-likeness (QED) is 0.846. The molecule has 0 saturated heterocycles. The third-order valence-corrected chi connectivity index (χ3v) is 3.69. The highest BCUT2D eigenvalue weighted by Gasteiger charge is 2.15. The second kappa shape index (κ2) is 5.30. The van der Waals surface area contributed by atoms with Gasteiger partial charge in [-0.25, -0.2) is 4.79 Å². The van der Waals surface area contributed by atoms with E-state index in [1.165, 1.54) is 25.1 Å². The molecule has 104 valence electrons. The first kappa shape index (κ1) is 14.0. The van der Waals surface area contributed by atoms with Crippen LogP contribution in [0.2, 0.25) is 0 Å². The normalized spacial score (nSPS) is 10.3. The third kappa shape index (κ3) is 2.77. The highest BCUT2D eigenvalue weighted by Crippen LogP contribution is 2.22. The first-order valence-corrected chi connectivity index (χ1v) is 6.52. The van der Waals surface area contributed by atoms with E-state index in [-0.39, 0.29) is 10.7 Å². The molecule has 0 radical (unpaired) electrons. The summed E-state index contributed by atoms with van der Waals surface area (Å²) in [5, 5.41) is 11.9. The van der Waals surface area contributed by atoms with E-state index < -0.39 is 11.9 Å². The Bertz CT molecular complexity index is 699. The average molecular weight is 292 g/mol. The van der Waals surface area contributed by atoms with Gasteiger partial charge in [0.25, 0.3) is 5.91 Å². The summed E-state index contributed by atoms with van der Waals surface area (Å²) in [4.78, 5) is 34.2. The maximum absolute atomic E-state index is 12.1. The summed E-state index contributed by atoms with van der Waals surface area (Å²) in [6.07, 6.45) is 1.58. The van der Waals surface area contributed by atoms with Gasteiger partial charge in [0.2, 0.25) is 0 Å². The Morgan fingerprint density at radius 1 is 1.30 bits per heavy atom. The molecule has 0 atom stereocenters. The second-order valence-electron chi connectivity index (χ2n) is 4.20. The molecule has 0 fully saturated rings. The Kier molecular flexibility index (Phi) is 3.71. The van der Waals surface area contributed by atoms with Crippen molar-refractivity contribution in [3.63, 3.8) is 0 Å². The number of rotatable bonds is 4. The van der Waals surface area contributed by atoms with Gasteiger partial charge in [0.05, 0.1) is 5.00 Å². The van der Waals surface area contributed by atoms with Crippen LogP contribution < -0.4 is 5.32 Å². The average Bonchev–Trinajstić information content (AvgIpc) is 2.95. The molecule has 1 amide bonds. The van der Waals surface area contributed by atoms with Gasteiger partial charge in [-0.2, -0.15) is 0 Å². The van der Waals surface area contributed by atoms with E-state index in [1.54, 1.807) is 17.8 Å². The fraction of sp³-hybridized carbons (Fsp3) is 0.154.